The molecule has 0 saturated carbocycles. The Balaban J connectivity index is 2.19. The van der Waals surface area contributed by atoms with Gasteiger partial charge in [-0.25, -0.2) is 0 Å². The molecule has 0 atom stereocenters. The molecule has 0 amide bonds. The molecular weight excluding hydrogens is 389 g/mol. The van der Waals surface area contributed by atoms with Crippen molar-refractivity contribution in [1.82, 2.24) is 0 Å². The normalized spacial score (nSPS) is 11.8. The molecule has 2 aromatic rings. The summed E-state index contributed by atoms with van der Waals surface area (Å²) in [5, 5.41) is 1.83. The predicted octanol–water partition coefficient (Wildman–Crippen LogP) is 7.24. The quantitative estimate of drug-likeness (QED) is 0.343. The van der Waals surface area contributed by atoms with Crippen LogP contribution in [0.1, 0.15) is 39.2 Å². The van der Waals surface area contributed by atoms with Crippen LogP contribution in [0.3, 0.4) is 0 Å². The Morgan fingerprint density at radius 1 is 0.967 bits per heavy atom. The van der Waals surface area contributed by atoms with Crippen LogP contribution < -0.4 is 15.2 Å². The van der Waals surface area contributed by atoms with Crippen LogP contribution >= 0.6 is 0 Å². The lowest BCUT2D eigenvalue weighted by atomic mass is 10.1. The van der Waals surface area contributed by atoms with E-state index in [0.717, 1.165) is 36.4 Å². The maximum Gasteiger partial charge on any atom is 0.416 e. The van der Waals surface area contributed by atoms with E-state index in [1.165, 1.54) is 23.3 Å². The molecule has 0 aromatic heterocycles. The van der Waals surface area contributed by atoms with Crippen LogP contribution in [0, 0.1) is 0 Å². The van der Waals surface area contributed by atoms with Gasteiger partial charge in [0.25, 0.3) is 0 Å². The Bertz CT molecular complexity index is 850. The maximum absolute atomic E-state index is 12.9. The smallest absolute Gasteiger partial charge is 0.416 e. The molecule has 0 bridgehead atoms. The average molecular weight is 419 g/mol. The Kier molecular flexibility index (Phi) is 8.39. The fraction of sp³-hybridized carbons (Fsp3) is 0.333. The number of benzene rings is 2. The van der Waals surface area contributed by atoms with Crippen LogP contribution in [0.15, 0.2) is 71.8 Å². The van der Waals surface area contributed by atoms with Crippen molar-refractivity contribution in [2.75, 3.05) is 24.1 Å². The Hall–Kier alpha value is -2.89. The van der Waals surface area contributed by atoms with Crippen LogP contribution in [0.4, 0.5) is 24.5 Å². The highest BCUT2D eigenvalue weighted by molar-refractivity contribution is 5.57. The summed E-state index contributed by atoms with van der Waals surface area (Å²) in [5.41, 5.74) is 6.58. The zero-order valence-electron chi connectivity index (χ0n) is 17.9. The minimum Gasteiger partial charge on any atom is -0.497 e. The standard InChI is InChI=1S/C24H29F3N2O/c1-18(2)6-5-7-19(3)16-17-29(28-21-10-14-23(30-4)15-11-21)22-12-8-20(9-13-22)24(25,26)27/h6,8-16,28H,5,7,17H2,1-4H3/b19-16+. The number of methoxy groups -OCH3 is 1. The number of hydrogen-bond acceptors (Lipinski definition) is 3. The lowest BCUT2D eigenvalue weighted by Gasteiger charge is -2.26. The van der Waals surface area contributed by atoms with Gasteiger partial charge in [-0.05, 0) is 82.1 Å². The molecular formula is C24H29F3N2O. The molecule has 0 radical (unpaired) electrons. The minimum atomic E-state index is -4.35. The Morgan fingerprint density at radius 3 is 2.13 bits per heavy atom. The molecule has 0 unspecified atom stereocenters. The number of alkyl halides is 3. The Labute approximate surface area is 176 Å². The van der Waals surface area contributed by atoms with Crippen LogP contribution in [-0.4, -0.2) is 13.7 Å². The number of hydrazine groups is 1. The average Bonchev–Trinajstić information content (AvgIpc) is 2.70. The molecule has 0 spiro atoms. The molecule has 1 N–H and O–H groups in total. The summed E-state index contributed by atoms with van der Waals surface area (Å²) >= 11 is 0. The summed E-state index contributed by atoms with van der Waals surface area (Å²) < 4.78 is 43.9. The lowest BCUT2D eigenvalue weighted by Crippen LogP contribution is -2.30. The van der Waals surface area contributed by atoms with Crippen molar-refractivity contribution in [2.24, 2.45) is 0 Å². The molecule has 0 aliphatic carbocycles. The van der Waals surface area contributed by atoms with Crippen molar-refractivity contribution in [2.45, 2.75) is 39.8 Å². The van der Waals surface area contributed by atoms with Gasteiger partial charge >= 0.3 is 6.18 Å². The zero-order valence-corrected chi connectivity index (χ0v) is 17.9. The number of hydrogen-bond donors (Lipinski definition) is 1. The molecule has 0 saturated heterocycles. The maximum atomic E-state index is 12.9. The summed E-state index contributed by atoms with van der Waals surface area (Å²) in [6, 6.07) is 12.5. The van der Waals surface area contributed by atoms with Gasteiger partial charge in [-0.2, -0.15) is 13.2 Å². The number of ether oxygens (including phenoxy) is 1. The predicted molar refractivity (Wildman–Crippen MR) is 118 cm³/mol. The first-order chi connectivity index (χ1) is 14.2. The molecule has 30 heavy (non-hydrogen) atoms. The van der Waals surface area contributed by atoms with Gasteiger partial charge in [-0.15, -0.1) is 0 Å². The number of rotatable bonds is 9. The summed E-state index contributed by atoms with van der Waals surface area (Å²) in [6.07, 6.45) is 1.84. The fourth-order valence-electron chi connectivity index (χ4n) is 2.81. The highest BCUT2D eigenvalue weighted by Crippen LogP contribution is 2.30. The third-order valence-electron chi connectivity index (χ3n) is 4.57. The molecule has 162 valence electrons. The number of anilines is 2. The van der Waals surface area contributed by atoms with Gasteiger partial charge in [0.1, 0.15) is 5.75 Å². The van der Waals surface area contributed by atoms with E-state index < -0.39 is 11.7 Å². The van der Waals surface area contributed by atoms with Crippen molar-refractivity contribution in [1.29, 1.82) is 0 Å². The van der Waals surface area contributed by atoms with Crippen LogP contribution in [0.5, 0.6) is 5.75 Å². The van der Waals surface area contributed by atoms with Crippen LogP contribution in [-0.2, 0) is 6.18 Å². The van der Waals surface area contributed by atoms with E-state index in [0.29, 0.717) is 12.2 Å². The van der Waals surface area contributed by atoms with Crippen molar-refractivity contribution >= 4 is 11.4 Å². The Morgan fingerprint density at radius 2 is 1.60 bits per heavy atom. The molecule has 0 heterocycles. The first kappa shape index (κ1) is 23.4. The van der Waals surface area contributed by atoms with E-state index in [-0.39, 0.29) is 0 Å². The highest BCUT2D eigenvalue weighted by atomic mass is 19.4. The minimum absolute atomic E-state index is 0.512. The molecule has 0 aliphatic rings. The van der Waals surface area contributed by atoms with E-state index >= 15 is 0 Å². The fourth-order valence-corrected chi connectivity index (χ4v) is 2.81. The third kappa shape index (κ3) is 7.50. The van der Waals surface area contributed by atoms with Gasteiger partial charge in [0.15, 0.2) is 0 Å². The molecule has 6 heteroatoms. The van der Waals surface area contributed by atoms with Gasteiger partial charge in [-0.1, -0.05) is 23.3 Å². The largest absolute Gasteiger partial charge is 0.497 e. The monoisotopic (exact) mass is 418 g/mol. The second kappa shape index (κ2) is 10.8. The second-order valence-corrected chi connectivity index (χ2v) is 7.37. The van der Waals surface area contributed by atoms with E-state index in [9.17, 15) is 13.2 Å². The summed E-state index contributed by atoms with van der Waals surface area (Å²) in [6.45, 7) is 6.73. The van der Waals surface area contributed by atoms with E-state index in [4.69, 9.17) is 4.74 Å². The van der Waals surface area contributed by atoms with Crippen molar-refractivity contribution < 1.29 is 17.9 Å². The van der Waals surface area contributed by atoms with Crippen molar-refractivity contribution in [3.05, 3.63) is 77.4 Å². The number of nitrogens with zero attached hydrogens (tertiary/aromatic N) is 1. The summed E-state index contributed by atoms with van der Waals surface area (Å²) in [5.74, 6) is 0.733. The second-order valence-electron chi connectivity index (χ2n) is 7.37. The summed E-state index contributed by atoms with van der Waals surface area (Å²) in [4.78, 5) is 0. The third-order valence-corrected chi connectivity index (χ3v) is 4.57. The van der Waals surface area contributed by atoms with E-state index in [1.807, 2.05) is 29.3 Å². The first-order valence-electron chi connectivity index (χ1n) is 9.83. The number of halogens is 3. The van der Waals surface area contributed by atoms with Crippen molar-refractivity contribution in [3.8, 4) is 5.75 Å². The van der Waals surface area contributed by atoms with Gasteiger partial charge in [0.2, 0.25) is 0 Å². The zero-order chi connectivity index (χ0) is 22.1. The van der Waals surface area contributed by atoms with Gasteiger partial charge in [0, 0.05) is 0 Å². The van der Waals surface area contributed by atoms with Gasteiger partial charge in [-0.3, -0.25) is 10.4 Å². The van der Waals surface area contributed by atoms with Crippen LogP contribution in [0.25, 0.3) is 0 Å². The SMILES string of the molecule is COc1ccc(NN(C/C=C(\C)CCC=C(C)C)c2ccc(C(F)(F)F)cc2)cc1. The molecule has 2 rings (SSSR count). The molecule has 0 fully saturated rings. The lowest BCUT2D eigenvalue weighted by molar-refractivity contribution is -0.137. The number of nitrogens with one attached hydrogen (secondary N) is 1. The molecule has 3 nitrogen and oxygen atoms in total. The van der Waals surface area contributed by atoms with Gasteiger partial charge < -0.3 is 4.74 Å². The topological polar surface area (TPSA) is 24.5 Å². The van der Waals surface area contributed by atoms with E-state index in [2.05, 4.69) is 38.3 Å². The van der Waals surface area contributed by atoms with Gasteiger partial charge in [0.05, 0.1) is 30.6 Å². The molecule has 0 aliphatic heterocycles. The summed E-state index contributed by atoms with van der Waals surface area (Å²) in [7, 11) is 1.60. The van der Waals surface area contributed by atoms with E-state index in [1.54, 1.807) is 7.11 Å². The van der Waals surface area contributed by atoms with Crippen molar-refractivity contribution in [3.63, 3.8) is 0 Å². The highest BCUT2D eigenvalue weighted by Gasteiger charge is 2.30. The first-order valence-corrected chi connectivity index (χ1v) is 9.83. The van der Waals surface area contributed by atoms with Crippen LogP contribution in [0.2, 0.25) is 0 Å². The number of allylic oxidation sites excluding steroid dienone is 3. The molecule has 2 aromatic carbocycles.